The van der Waals surface area contributed by atoms with Crippen LogP contribution in [0, 0.1) is 0 Å². The Balaban J connectivity index is 1.55. The summed E-state index contributed by atoms with van der Waals surface area (Å²) >= 11 is 0. The van der Waals surface area contributed by atoms with Gasteiger partial charge in [0.25, 0.3) is 0 Å². The average Bonchev–Trinajstić information content (AvgIpc) is 3.26. The Labute approximate surface area is 154 Å². The van der Waals surface area contributed by atoms with Crippen LogP contribution in [0.1, 0.15) is 19.3 Å². The van der Waals surface area contributed by atoms with Gasteiger partial charge in [-0.3, -0.25) is 9.10 Å². The number of carbonyl (C=O) groups excluding carboxylic acids is 1. The van der Waals surface area contributed by atoms with E-state index < -0.39 is 10.0 Å². The highest BCUT2D eigenvalue weighted by Crippen LogP contribution is 2.35. The maximum Gasteiger partial charge on any atom is 0.240 e. The molecular weight excluding hydrogens is 358 g/mol. The van der Waals surface area contributed by atoms with E-state index in [-0.39, 0.29) is 19.2 Å². The summed E-state index contributed by atoms with van der Waals surface area (Å²) in [7, 11) is -3.61. The maximum absolute atomic E-state index is 12.2. The Morgan fingerprint density at radius 3 is 2.69 bits per heavy atom. The van der Waals surface area contributed by atoms with Crippen LogP contribution in [0.25, 0.3) is 0 Å². The molecule has 0 aliphatic carbocycles. The van der Waals surface area contributed by atoms with Crippen LogP contribution in [0.2, 0.25) is 0 Å². The lowest BCUT2D eigenvalue weighted by Crippen LogP contribution is -2.41. The zero-order valence-corrected chi connectivity index (χ0v) is 15.8. The van der Waals surface area contributed by atoms with Gasteiger partial charge < -0.3 is 19.7 Å². The van der Waals surface area contributed by atoms with E-state index in [0.717, 1.165) is 36.6 Å². The maximum atomic E-state index is 12.2. The normalized spacial score (nSPS) is 16.7. The Morgan fingerprint density at radius 1 is 1.23 bits per heavy atom. The summed E-state index contributed by atoms with van der Waals surface area (Å²) in [6.45, 7) is 3.59. The van der Waals surface area contributed by atoms with Crippen molar-refractivity contribution in [1.29, 1.82) is 0 Å². The molecule has 1 aromatic rings. The van der Waals surface area contributed by atoms with Crippen molar-refractivity contribution in [2.75, 3.05) is 50.1 Å². The fourth-order valence-electron chi connectivity index (χ4n) is 3.16. The fraction of sp³-hybridized carbons (Fsp3) is 0.588. The smallest absolute Gasteiger partial charge is 0.240 e. The van der Waals surface area contributed by atoms with Gasteiger partial charge in [-0.25, -0.2) is 8.42 Å². The predicted molar refractivity (Wildman–Crippen MR) is 98.1 cm³/mol. The molecule has 0 unspecified atom stereocenters. The highest BCUT2D eigenvalue weighted by molar-refractivity contribution is 7.92. The Bertz CT molecular complexity index is 747. The molecule has 9 heteroatoms. The van der Waals surface area contributed by atoms with Gasteiger partial charge in [-0.15, -0.1) is 0 Å². The molecule has 0 aromatic heterocycles. The highest BCUT2D eigenvalue weighted by Gasteiger charge is 2.23. The largest absolute Gasteiger partial charge is 0.454 e. The molecule has 3 rings (SSSR count). The van der Waals surface area contributed by atoms with Crippen molar-refractivity contribution in [3.63, 3.8) is 0 Å². The number of rotatable bonds is 8. The first-order chi connectivity index (χ1) is 12.4. The highest BCUT2D eigenvalue weighted by atomic mass is 32.2. The first-order valence-corrected chi connectivity index (χ1v) is 10.6. The monoisotopic (exact) mass is 383 g/mol. The van der Waals surface area contributed by atoms with Gasteiger partial charge in [0.1, 0.15) is 6.54 Å². The fourth-order valence-corrected chi connectivity index (χ4v) is 4.01. The number of hydrogen-bond donors (Lipinski definition) is 1. The standard InChI is InChI=1S/C17H25N3O5S/c1-26(22,23)20(14-5-6-15-16(11-14)25-13-24-15)12-17(21)18-7-4-10-19-8-2-3-9-19/h5-6,11H,2-4,7-10,12-13H2,1H3,(H,18,21). The third-order valence-corrected chi connectivity index (χ3v) is 5.64. The van der Waals surface area contributed by atoms with Crippen molar-refractivity contribution in [1.82, 2.24) is 10.2 Å². The average molecular weight is 383 g/mol. The molecule has 1 fully saturated rings. The van der Waals surface area contributed by atoms with Gasteiger partial charge in [0.15, 0.2) is 11.5 Å². The van der Waals surface area contributed by atoms with E-state index in [1.165, 1.54) is 12.8 Å². The van der Waals surface area contributed by atoms with Gasteiger partial charge in [0.05, 0.1) is 11.9 Å². The van der Waals surface area contributed by atoms with Crippen molar-refractivity contribution in [3.8, 4) is 11.5 Å². The second kappa shape index (κ2) is 8.13. The molecule has 1 aromatic carbocycles. The third kappa shape index (κ3) is 4.79. The molecular formula is C17H25N3O5S. The van der Waals surface area contributed by atoms with Gasteiger partial charge in [-0.1, -0.05) is 0 Å². The summed E-state index contributed by atoms with van der Waals surface area (Å²) in [4.78, 5) is 14.6. The first kappa shape index (κ1) is 18.8. The molecule has 0 atom stereocenters. The van der Waals surface area contributed by atoms with Crippen LogP contribution in [0.3, 0.4) is 0 Å². The Hall–Kier alpha value is -2.00. The molecule has 2 heterocycles. The molecule has 1 amide bonds. The summed E-state index contributed by atoms with van der Waals surface area (Å²) in [5.41, 5.74) is 0.379. The summed E-state index contributed by atoms with van der Waals surface area (Å²) in [5, 5.41) is 2.80. The summed E-state index contributed by atoms with van der Waals surface area (Å²) < 4.78 is 35.9. The van der Waals surface area contributed by atoms with Crippen LogP contribution in [0.5, 0.6) is 11.5 Å². The van der Waals surface area contributed by atoms with Crippen molar-refractivity contribution >= 4 is 21.6 Å². The van der Waals surface area contributed by atoms with E-state index in [1.807, 2.05) is 0 Å². The van der Waals surface area contributed by atoms with Crippen LogP contribution in [-0.4, -0.2) is 65.0 Å². The van der Waals surface area contributed by atoms with Crippen LogP contribution in [0.15, 0.2) is 18.2 Å². The van der Waals surface area contributed by atoms with E-state index in [4.69, 9.17) is 9.47 Å². The number of nitrogens with one attached hydrogen (secondary N) is 1. The van der Waals surface area contributed by atoms with Gasteiger partial charge in [0.2, 0.25) is 22.7 Å². The van der Waals surface area contributed by atoms with E-state index in [0.29, 0.717) is 23.7 Å². The Morgan fingerprint density at radius 2 is 1.96 bits per heavy atom. The van der Waals surface area contributed by atoms with Gasteiger partial charge in [0, 0.05) is 12.6 Å². The second-order valence-electron chi connectivity index (χ2n) is 6.56. The first-order valence-electron chi connectivity index (χ1n) is 8.80. The number of anilines is 1. The quantitative estimate of drug-likeness (QED) is 0.668. The number of sulfonamides is 1. The zero-order valence-electron chi connectivity index (χ0n) is 14.9. The third-order valence-electron chi connectivity index (χ3n) is 4.50. The van der Waals surface area contributed by atoms with Gasteiger partial charge >= 0.3 is 0 Å². The number of ether oxygens (including phenoxy) is 2. The topological polar surface area (TPSA) is 88.2 Å². The van der Waals surface area contributed by atoms with Crippen molar-refractivity contribution in [3.05, 3.63) is 18.2 Å². The zero-order chi connectivity index (χ0) is 18.6. The number of benzene rings is 1. The molecule has 2 aliphatic rings. The number of hydrogen-bond acceptors (Lipinski definition) is 6. The molecule has 1 N–H and O–H groups in total. The number of fused-ring (bicyclic) bond motifs is 1. The van der Waals surface area contributed by atoms with Crippen molar-refractivity contribution in [2.45, 2.75) is 19.3 Å². The molecule has 0 radical (unpaired) electrons. The van der Waals surface area contributed by atoms with E-state index in [9.17, 15) is 13.2 Å². The van der Waals surface area contributed by atoms with Crippen molar-refractivity contribution in [2.24, 2.45) is 0 Å². The van der Waals surface area contributed by atoms with E-state index >= 15 is 0 Å². The minimum Gasteiger partial charge on any atom is -0.454 e. The molecule has 0 spiro atoms. The molecule has 144 valence electrons. The summed E-state index contributed by atoms with van der Waals surface area (Å²) in [5.74, 6) is 0.713. The molecule has 1 saturated heterocycles. The minimum atomic E-state index is -3.61. The van der Waals surface area contributed by atoms with Gasteiger partial charge in [-0.2, -0.15) is 0 Å². The number of nitrogens with zero attached hydrogens (tertiary/aromatic N) is 2. The Kier molecular flexibility index (Phi) is 5.87. The summed E-state index contributed by atoms with van der Waals surface area (Å²) in [6.07, 6.45) is 4.42. The van der Waals surface area contributed by atoms with Crippen LogP contribution in [0.4, 0.5) is 5.69 Å². The number of carbonyl (C=O) groups is 1. The van der Waals surface area contributed by atoms with Crippen LogP contribution >= 0.6 is 0 Å². The molecule has 2 aliphatic heterocycles. The minimum absolute atomic E-state index is 0.106. The predicted octanol–water partition coefficient (Wildman–Crippen LogP) is 0.783. The van der Waals surface area contributed by atoms with Gasteiger partial charge in [-0.05, 0) is 51.0 Å². The lowest BCUT2D eigenvalue weighted by molar-refractivity contribution is -0.119. The molecule has 26 heavy (non-hydrogen) atoms. The number of amides is 1. The lowest BCUT2D eigenvalue weighted by Gasteiger charge is -2.22. The van der Waals surface area contributed by atoms with Crippen LogP contribution in [-0.2, 0) is 14.8 Å². The molecule has 8 nitrogen and oxygen atoms in total. The summed E-state index contributed by atoms with van der Waals surface area (Å²) in [6, 6.07) is 4.82. The van der Waals surface area contributed by atoms with Crippen molar-refractivity contribution < 1.29 is 22.7 Å². The lowest BCUT2D eigenvalue weighted by atomic mass is 10.2. The molecule has 0 bridgehead atoms. The SMILES string of the molecule is CS(=O)(=O)N(CC(=O)NCCCN1CCCC1)c1ccc2c(c1)OCO2. The second-order valence-corrected chi connectivity index (χ2v) is 8.47. The van der Waals surface area contributed by atoms with Crippen LogP contribution < -0.4 is 19.1 Å². The van der Waals surface area contributed by atoms with E-state index in [1.54, 1.807) is 18.2 Å². The van der Waals surface area contributed by atoms with E-state index in [2.05, 4.69) is 10.2 Å². The number of likely N-dealkylation sites (tertiary alicyclic amines) is 1. The molecule has 0 saturated carbocycles.